The maximum Gasteiger partial charge on any atom is 0.163 e. The molecule has 1 aromatic rings. The van der Waals surface area contributed by atoms with Gasteiger partial charge in [0.15, 0.2) is 11.6 Å². The third-order valence-corrected chi connectivity index (χ3v) is 5.69. The fourth-order valence-electron chi connectivity index (χ4n) is 4.62. The molecule has 0 heterocycles. The van der Waals surface area contributed by atoms with E-state index in [9.17, 15) is 8.78 Å². The van der Waals surface area contributed by atoms with Gasteiger partial charge in [0.05, 0.1) is 0 Å². The van der Waals surface area contributed by atoms with Crippen molar-refractivity contribution in [2.75, 3.05) is 0 Å². The Morgan fingerprint density at radius 2 is 1.67 bits per heavy atom. The summed E-state index contributed by atoms with van der Waals surface area (Å²) >= 11 is 0. The monoisotopic (exact) mass is 293 g/mol. The van der Waals surface area contributed by atoms with Gasteiger partial charge in [-0.1, -0.05) is 57.1 Å². The SMILES string of the molecule is NC1(c2cccc(F)c2F)CCCCC1C1CCCCC1. The average molecular weight is 293 g/mol. The lowest BCUT2D eigenvalue weighted by molar-refractivity contribution is 0.0952. The van der Waals surface area contributed by atoms with Crippen molar-refractivity contribution < 1.29 is 8.78 Å². The van der Waals surface area contributed by atoms with Gasteiger partial charge in [-0.25, -0.2) is 8.78 Å². The zero-order chi connectivity index (χ0) is 14.9. The van der Waals surface area contributed by atoms with Gasteiger partial charge in [-0.15, -0.1) is 0 Å². The summed E-state index contributed by atoms with van der Waals surface area (Å²) in [4.78, 5) is 0. The first-order chi connectivity index (χ1) is 10.1. The zero-order valence-corrected chi connectivity index (χ0v) is 12.6. The molecule has 3 rings (SSSR count). The van der Waals surface area contributed by atoms with Crippen molar-refractivity contribution in [1.29, 1.82) is 0 Å². The first kappa shape index (κ1) is 15.0. The summed E-state index contributed by atoms with van der Waals surface area (Å²) in [5.74, 6) is -0.637. The second kappa shape index (κ2) is 6.04. The Kier molecular flexibility index (Phi) is 4.30. The molecule has 0 amide bonds. The van der Waals surface area contributed by atoms with Crippen LogP contribution in [0.25, 0.3) is 0 Å². The minimum absolute atomic E-state index is 0.294. The number of benzene rings is 1. The standard InChI is InChI=1S/C18H25F2N/c19-16-11-6-10-15(17(16)20)18(21)12-5-4-9-14(18)13-7-2-1-3-8-13/h6,10-11,13-14H,1-5,7-9,12,21H2. The summed E-state index contributed by atoms with van der Waals surface area (Å²) in [7, 11) is 0. The molecule has 0 radical (unpaired) electrons. The first-order valence-corrected chi connectivity index (χ1v) is 8.36. The molecule has 116 valence electrons. The van der Waals surface area contributed by atoms with Crippen LogP contribution in [0.3, 0.4) is 0 Å². The van der Waals surface area contributed by atoms with Crippen LogP contribution in [-0.4, -0.2) is 0 Å². The molecule has 0 saturated heterocycles. The molecule has 2 N–H and O–H groups in total. The van der Waals surface area contributed by atoms with Crippen LogP contribution in [0.1, 0.15) is 63.4 Å². The summed E-state index contributed by atoms with van der Waals surface area (Å²) in [6, 6.07) is 4.47. The number of halogens is 2. The summed E-state index contributed by atoms with van der Waals surface area (Å²) in [5, 5.41) is 0. The predicted molar refractivity (Wildman–Crippen MR) is 80.8 cm³/mol. The number of hydrogen-bond donors (Lipinski definition) is 1. The molecule has 2 saturated carbocycles. The maximum absolute atomic E-state index is 14.3. The van der Waals surface area contributed by atoms with Crippen molar-refractivity contribution >= 4 is 0 Å². The van der Waals surface area contributed by atoms with Crippen molar-refractivity contribution in [3.63, 3.8) is 0 Å². The molecule has 1 nitrogen and oxygen atoms in total. The van der Waals surface area contributed by atoms with Crippen LogP contribution >= 0.6 is 0 Å². The summed E-state index contributed by atoms with van der Waals surface area (Å²) in [6.45, 7) is 0. The normalized spacial score (nSPS) is 31.3. The molecule has 2 fully saturated rings. The Morgan fingerprint density at radius 3 is 2.43 bits per heavy atom. The Morgan fingerprint density at radius 1 is 0.952 bits per heavy atom. The number of nitrogens with two attached hydrogens (primary N) is 1. The van der Waals surface area contributed by atoms with Crippen molar-refractivity contribution in [3.8, 4) is 0 Å². The number of rotatable bonds is 2. The molecule has 1 aromatic carbocycles. The van der Waals surface area contributed by atoms with Crippen LogP contribution in [0, 0.1) is 23.5 Å². The molecule has 2 unspecified atom stereocenters. The highest BCUT2D eigenvalue weighted by Crippen LogP contribution is 2.48. The van der Waals surface area contributed by atoms with Gasteiger partial charge in [0.1, 0.15) is 0 Å². The third kappa shape index (κ3) is 2.73. The Hall–Kier alpha value is -0.960. The lowest BCUT2D eigenvalue weighted by atomic mass is 9.62. The fraction of sp³-hybridized carbons (Fsp3) is 0.667. The van der Waals surface area contributed by atoms with E-state index in [1.165, 1.54) is 38.2 Å². The second-order valence-corrected chi connectivity index (χ2v) is 6.89. The van der Waals surface area contributed by atoms with E-state index < -0.39 is 17.2 Å². The minimum Gasteiger partial charge on any atom is -0.321 e. The van der Waals surface area contributed by atoms with Crippen molar-refractivity contribution in [2.45, 2.75) is 63.3 Å². The molecule has 3 heteroatoms. The van der Waals surface area contributed by atoms with E-state index in [1.807, 2.05) is 0 Å². The van der Waals surface area contributed by atoms with Gasteiger partial charge in [0.25, 0.3) is 0 Å². The molecule has 2 atom stereocenters. The van der Waals surface area contributed by atoms with E-state index in [4.69, 9.17) is 5.73 Å². The van der Waals surface area contributed by atoms with Crippen LogP contribution in [0.5, 0.6) is 0 Å². The van der Waals surface area contributed by atoms with E-state index >= 15 is 0 Å². The molecule has 0 bridgehead atoms. The van der Waals surface area contributed by atoms with E-state index in [-0.39, 0.29) is 0 Å². The van der Waals surface area contributed by atoms with Gasteiger partial charge in [-0.3, -0.25) is 0 Å². The molecule has 0 aliphatic heterocycles. The summed E-state index contributed by atoms with van der Waals surface area (Å²) < 4.78 is 28.0. The predicted octanol–water partition coefficient (Wildman–Crippen LogP) is 4.89. The maximum atomic E-state index is 14.3. The molecule has 0 spiro atoms. The Labute approximate surface area is 125 Å². The van der Waals surface area contributed by atoms with Gasteiger partial charge < -0.3 is 5.73 Å². The summed E-state index contributed by atoms with van der Waals surface area (Å²) in [5.41, 5.74) is 6.43. The van der Waals surface area contributed by atoms with Crippen molar-refractivity contribution in [2.24, 2.45) is 17.6 Å². The van der Waals surface area contributed by atoms with E-state index in [2.05, 4.69) is 0 Å². The molecule has 21 heavy (non-hydrogen) atoms. The molecule has 0 aromatic heterocycles. The zero-order valence-electron chi connectivity index (χ0n) is 12.6. The second-order valence-electron chi connectivity index (χ2n) is 6.89. The Balaban J connectivity index is 1.96. The van der Waals surface area contributed by atoms with Crippen molar-refractivity contribution in [1.82, 2.24) is 0 Å². The first-order valence-electron chi connectivity index (χ1n) is 8.36. The highest BCUT2D eigenvalue weighted by molar-refractivity contribution is 5.29. The molecule has 2 aliphatic carbocycles. The van der Waals surface area contributed by atoms with E-state index in [0.29, 0.717) is 17.4 Å². The molecule has 2 aliphatic rings. The third-order valence-electron chi connectivity index (χ3n) is 5.69. The van der Waals surface area contributed by atoms with Crippen LogP contribution in [-0.2, 0) is 5.54 Å². The molecular weight excluding hydrogens is 268 g/mol. The Bertz CT molecular complexity index is 496. The van der Waals surface area contributed by atoms with Crippen LogP contribution in [0.4, 0.5) is 8.78 Å². The minimum atomic E-state index is -0.773. The topological polar surface area (TPSA) is 26.0 Å². The highest BCUT2D eigenvalue weighted by Gasteiger charge is 2.44. The number of hydrogen-bond acceptors (Lipinski definition) is 1. The van der Waals surface area contributed by atoms with Crippen molar-refractivity contribution in [3.05, 3.63) is 35.4 Å². The van der Waals surface area contributed by atoms with E-state index in [0.717, 1.165) is 25.7 Å². The van der Waals surface area contributed by atoms with Crippen LogP contribution < -0.4 is 5.73 Å². The lowest BCUT2D eigenvalue weighted by Gasteiger charge is -2.46. The van der Waals surface area contributed by atoms with Gasteiger partial charge in [-0.2, -0.15) is 0 Å². The van der Waals surface area contributed by atoms with E-state index in [1.54, 1.807) is 12.1 Å². The summed E-state index contributed by atoms with van der Waals surface area (Å²) in [6.07, 6.45) is 10.2. The highest BCUT2D eigenvalue weighted by atomic mass is 19.2. The van der Waals surface area contributed by atoms with Gasteiger partial charge in [-0.05, 0) is 30.7 Å². The average Bonchev–Trinajstić information content (AvgIpc) is 2.51. The van der Waals surface area contributed by atoms with Gasteiger partial charge in [0.2, 0.25) is 0 Å². The lowest BCUT2D eigenvalue weighted by Crippen LogP contribution is -2.50. The largest absolute Gasteiger partial charge is 0.321 e. The van der Waals surface area contributed by atoms with Crippen LogP contribution in [0.15, 0.2) is 18.2 Å². The van der Waals surface area contributed by atoms with Gasteiger partial charge in [0, 0.05) is 11.1 Å². The fourth-order valence-corrected chi connectivity index (χ4v) is 4.62. The smallest absolute Gasteiger partial charge is 0.163 e. The van der Waals surface area contributed by atoms with Crippen LogP contribution in [0.2, 0.25) is 0 Å². The van der Waals surface area contributed by atoms with Gasteiger partial charge >= 0.3 is 0 Å². The quantitative estimate of drug-likeness (QED) is 0.825. The molecular formula is C18H25F2N.